The van der Waals surface area contributed by atoms with E-state index in [0.29, 0.717) is 12.6 Å². The van der Waals surface area contributed by atoms with Crippen LogP contribution in [0.3, 0.4) is 0 Å². The summed E-state index contributed by atoms with van der Waals surface area (Å²) in [7, 11) is 0. The van der Waals surface area contributed by atoms with Crippen LogP contribution >= 0.6 is 0 Å². The van der Waals surface area contributed by atoms with Crippen LogP contribution in [0.5, 0.6) is 0 Å². The number of furan rings is 1. The first-order chi connectivity index (χ1) is 11.3. The second kappa shape index (κ2) is 5.95. The summed E-state index contributed by atoms with van der Waals surface area (Å²) < 4.78 is 5.47. The number of amides is 1. The van der Waals surface area contributed by atoms with E-state index < -0.39 is 0 Å². The van der Waals surface area contributed by atoms with Gasteiger partial charge in [0, 0.05) is 23.3 Å². The molecule has 1 N–H and O–H groups in total. The molecule has 0 radical (unpaired) electrons. The Bertz CT molecular complexity index is 798. The maximum Gasteiger partial charge on any atom is 0.254 e. The molecule has 3 aromatic rings. The lowest BCUT2D eigenvalue weighted by Gasteiger charge is -2.28. The molecule has 1 aliphatic carbocycles. The van der Waals surface area contributed by atoms with Crippen LogP contribution < -0.4 is 0 Å². The van der Waals surface area contributed by atoms with Gasteiger partial charge in [0.2, 0.25) is 0 Å². The fourth-order valence-electron chi connectivity index (χ4n) is 3.50. The molecule has 1 aliphatic rings. The number of hydrogen-bond donors (Lipinski definition) is 1. The van der Waals surface area contributed by atoms with Gasteiger partial charge in [0.1, 0.15) is 5.76 Å². The van der Waals surface area contributed by atoms with E-state index in [1.54, 1.807) is 6.26 Å². The quantitative estimate of drug-likeness (QED) is 0.779. The Morgan fingerprint density at radius 1 is 1.22 bits per heavy atom. The molecule has 0 saturated heterocycles. The Kier molecular flexibility index (Phi) is 3.66. The predicted molar refractivity (Wildman–Crippen MR) is 89.1 cm³/mol. The molecular formula is C19H20N2O2. The number of nitrogens with zero attached hydrogens (tertiary/aromatic N) is 1. The highest BCUT2D eigenvalue weighted by Crippen LogP contribution is 2.27. The zero-order chi connectivity index (χ0) is 15.6. The molecular weight excluding hydrogens is 288 g/mol. The van der Waals surface area contributed by atoms with E-state index in [0.717, 1.165) is 35.1 Å². The smallest absolute Gasteiger partial charge is 0.254 e. The minimum absolute atomic E-state index is 0.0878. The SMILES string of the molecule is O=C(c1ccc2cc[nH]c2c1)N(Cc1ccco1)C1CCCC1. The Hall–Kier alpha value is -2.49. The highest BCUT2D eigenvalue weighted by molar-refractivity contribution is 5.98. The number of aromatic amines is 1. The van der Waals surface area contributed by atoms with Crippen LogP contribution in [0.15, 0.2) is 53.3 Å². The normalized spacial score (nSPS) is 15.3. The van der Waals surface area contributed by atoms with E-state index in [-0.39, 0.29) is 5.91 Å². The Morgan fingerprint density at radius 3 is 2.87 bits per heavy atom. The van der Waals surface area contributed by atoms with Crippen LogP contribution in [0.1, 0.15) is 41.8 Å². The molecule has 1 aromatic carbocycles. The summed E-state index contributed by atoms with van der Waals surface area (Å²) in [6, 6.07) is 12.0. The first-order valence-electron chi connectivity index (χ1n) is 8.22. The molecule has 1 saturated carbocycles. The standard InChI is InChI=1S/C19H20N2O2/c22-19(15-8-7-14-9-10-20-18(14)12-15)21(16-4-1-2-5-16)13-17-6-3-11-23-17/h3,6-12,16,20H,1-2,4-5,13H2. The number of carbonyl (C=O) groups excluding carboxylic acids is 1. The van der Waals surface area contributed by atoms with E-state index in [9.17, 15) is 4.79 Å². The second-order valence-electron chi connectivity index (χ2n) is 6.23. The van der Waals surface area contributed by atoms with Crippen LogP contribution in [0.25, 0.3) is 10.9 Å². The molecule has 118 valence electrons. The van der Waals surface area contributed by atoms with Gasteiger partial charge >= 0.3 is 0 Å². The molecule has 2 heterocycles. The van der Waals surface area contributed by atoms with Gasteiger partial charge in [-0.05, 0) is 48.6 Å². The van der Waals surface area contributed by atoms with Crippen molar-refractivity contribution >= 4 is 16.8 Å². The summed E-state index contributed by atoms with van der Waals surface area (Å²) in [6.07, 6.45) is 8.12. The number of rotatable bonds is 4. The Balaban J connectivity index is 1.64. The van der Waals surface area contributed by atoms with Crippen molar-refractivity contribution in [3.8, 4) is 0 Å². The van der Waals surface area contributed by atoms with E-state index in [1.807, 2.05) is 47.5 Å². The minimum Gasteiger partial charge on any atom is -0.467 e. The first kappa shape index (κ1) is 14.1. The predicted octanol–water partition coefficient (Wildman–Crippen LogP) is 4.35. The highest BCUT2D eigenvalue weighted by Gasteiger charge is 2.28. The number of nitrogens with one attached hydrogen (secondary N) is 1. The summed E-state index contributed by atoms with van der Waals surface area (Å²) in [6.45, 7) is 0.541. The lowest BCUT2D eigenvalue weighted by Crippen LogP contribution is -2.38. The number of aromatic nitrogens is 1. The molecule has 4 rings (SSSR count). The zero-order valence-electron chi connectivity index (χ0n) is 13.0. The summed E-state index contributed by atoms with van der Waals surface area (Å²) >= 11 is 0. The fourth-order valence-corrected chi connectivity index (χ4v) is 3.50. The van der Waals surface area contributed by atoms with Gasteiger partial charge in [0.25, 0.3) is 5.91 Å². The third-order valence-electron chi connectivity index (χ3n) is 4.73. The Labute approximate surface area is 135 Å². The van der Waals surface area contributed by atoms with Crippen LogP contribution in [0.4, 0.5) is 0 Å². The van der Waals surface area contributed by atoms with Crippen molar-refractivity contribution < 1.29 is 9.21 Å². The maximum atomic E-state index is 13.1. The molecule has 23 heavy (non-hydrogen) atoms. The zero-order valence-corrected chi connectivity index (χ0v) is 13.0. The van der Waals surface area contributed by atoms with Gasteiger partial charge in [0.05, 0.1) is 12.8 Å². The van der Waals surface area contributed by atoms with E-state index in [4.69, 9.17) is 4.42 Å². The molecule has 0 atom stereocenters. The summed E-state index contributed by atoms with van der Waals surface area (Å²) in [5.74, 6) is 0.927. The van der Waals surface area contributed by atoms with Gasteiger partial charge < -0.3 is 14.3 Å². The number of carbonyl (C=O) groups is 1. The maximum absolute atomic E-state index is 13.1. The largest absolute Gasteiger partial charge is 0.467 e. The topological polar surface area (TPSA) is 49.2 Å². The van der Waals surface area contributed by atoms with Crippen LogP contribution in [-0.2, 0) is 6.54 Å². The van der Waals surface area contributed by atoms with Gasteiger partial charge in [-0.1, -0.05) is 18.9 Å². The van der Waals surface area contributed by atoms with Crippen molar-refractivity contribution in [1.82, 2.24) is 9.88 Å². The monoisotopic (exact) mass is 308 g/mol. The third kappa shape index (κ3) is 2.77. The molecule has 1 amide bonds. The average molecular weight is 308 g/mol. The minimum atomic E-state index is 0.0878. The first-order valence-corrected chi connectivity index (χ1v) is 8.22. The van der Waals surface area contributed by atoms with Crippen LogP contribution in [-0.4, -0.2) is 21.8 Å². The van der Waals surface area contributed by atoms with E-state index in [2.05, 4.69) is 4.98 Å². The van der Waals surface area contributed by atoms with Crippen LogP contribution in [0, 0.1) is 0 Å². The van der Waals surface area contributed by atoms with Crippen molar-refractivity contribution in [2.45, 2.75) is 38.3 Å². The molecule has 0 aliphatic heterocycles. The summed E-state index contributed by atoms with van der Waals surface area (Å²) in [5, 5.41) is 1.13. The van der Waals surface area contributed by atoms with Gasteiger partial charge in [0.15, 0.2) is 0 Å². The molecule has 1 fully saturated rings. The van der Waals surface area contributed by atoms with E-state index in [1.165, 1.54) is 12.8 Å². The van der Waals surface area contributed by atoms with Crippen molar-refractivity contribution in [3.63, 3.8) is 0 Å². The van der Waals surface area contributed by atoms with Crippen molar-refractivity contribution in [3.05, 3.63) is 60.2 Å². The average Bonchev–Trinajstić information content (AvgIpc) is 3.33. The van der Waals surface area contributed by atoms with Gasteiger partial charge in [-0.2, -0.15) is 0 Å². The van der Waals surface area contributed by atoms with Gasteiger partial charge in [-0.3, -0.25) is 4.79 Å². The molecule has 4 nitrogen and oxygen atoms in total. The van der Waals surface area contributed by atoms with Crippen molar-refractivity contribution in [1.29, 1.82) is 0 Å². The van der Waals surface area contributed by atoms with Crippen LogP contribution in [0.2, 0.25) is 0 Å². The fraction of sp³-hybridized carbons (Fsp3) is 0.316. The molecule has 4 heteroatoms. The molecule has 0 spiro atoms. The third-order valence-corrected chi connectivity index (χ3v) is 4.73. The number of fused-ring (bicyclic) bond motifs is 1. The number of hydrogen-bond acceptors (Lipinski definition) is 2. The highest BCUT2D eigenvalue weighted by atomic mass is 16.3. The second-order valence-corrected chi connectivity index (χ2v) is 6.23. The number of H-pyrrole nitrogens is 1. The van der Waals surface area contributed by atoms with Crippen molar-refractivity contribution in [2.24, 2.45) is 0 Å². The lowest BCUT2D eigenvalue weighted by molar-refractivity contribution is 0.0649. The molecule has 0 bridgehead atoms. The summed E-state index contributed by atoms with van der Waals surface area (Å²) in [5.41, 5.74) is 1.73. The molecule has 0 unspecified atom stereocenters. The van der Waals surface area contributed by atoms with Crippen molar-refractivity contribution in [2.75, 3.05) is 0 Å². The van der Waals surface area contributed by atoms with E-state index >= 15 is 0 Å². The lowest BCUT2D eigenvalue weighted by atomic mass is 10.1. The molecule has 2 aromatic heterocycles. The van der Waals surface area contributed by atoms with Gasteiger partial charge in [-0.15, -0.1) is 0 Å². The Morgan fingerprint density at radius 2 is 2.09 bits per heavy atom. The number of benzene rings is 1. The summed E-state index contributed by atoms with van der Waals surface area (Å²) in [4.78, 5) is 18.3. The van der Waals surface area contributed by atoms with Gasteiger partial charge in [-0.25, -0.2) is 0 Å².